The van der Waals surface area contributed by atoms with E-state index in [1.165, 1.54) is 0 Å². The third kappa shape index (κ3) is 5.25. The van der Waals surface area contributed by atoms with E-state index in [0.717, 1.165) is 35.6 Å². The molecule has 4 heteroatoms. The van der Waals surface area contributed by atoms with E-state index in [1.807, 2.05) is 18.2 Å². The van der Waals surface area contributed by atoms with Gasteiger partial charge in [-0.05, 0) is 36.6 Å². The molecule has 0 spiro atoms. The van der Waals surface area contributed by atoms with Crippen LogP contribution in [0, 0.1) is 0 Å². The molecule has 3 nitrogen and oxygen atoms in total. The fraction of sp³-hybridized carbons (Fsp3) is 0.571. The van der Waals surface area contributed by atoms with Crippen molar-refractivity contribution in [3.05, 3.63) is 28.8 Å². The summed E-state index contributed by atoms with van der Waals surface area (Å²) in [6.45, 7) is 3.43. The zero-order valence-electron chi connectivity index (χ0n) is 11.1. The highest BCUT2D eigenvalue weighted by molar-refractivity contribution is 6.30. The van der Waals surface area contributed by atoms with E-state index >= 15 is 0 Å². The highest BCUT2D eigenvalue weighted by atomic mass is 35.5. The first-order valence-electron chi connectivity index (χ1n) is 6.33. The predicted octanol–water partition coefficient (Wildman–Crippen LogP) is 3.04. The average Bonchev–Trinajstić information content (AvgIpc) is 2.36. The van der Waals surface area contributed by atoms with Gasteiger partial charge in [-0.15, -0.1) is 0 Å². The zero-order valence-corrected chi connectivity index (χ0v) is 11.9. The molecule has 0 amide bonds. The van der Waals surface area contributed by atoms with Crippen molar-refractivity contribution < 1.29 is 9.47 Å². The molecule has 0 aromatic heterocycles. The number of ether oxygens (including phenoxy) is 2. The first-order chi connectivity index (χ1) is 8.67. The van der Waals surface area contributed by atoms with Gasteiger partial charge in [0.2, 0.25) is 0 Å². The van der Waals surface area contributed by atoms with Gasteiger partial charge in [-0.3, -0.25) is 0 Å². The second kappa shape index (κ2) is 8.35. The van der Waals surface area contributed by atoms with Gasteiger partial charge in [0.25, 0.3) is 0 Å². The van der Waals surface area contributed by atoms with Crippen molar-refractivity contribution in [3.8, 4) is 5.75 Å². The average molecular weight is 272 g/mol. The molecule has 0 aliphatic carbocycles. The Morgan fingerprint density at radius 1 is 1.33 bits per heavy atom. The number of hydrogen-bond acceptors (Lipinski definition) is 3. The van der Waals surface area contributed by atoms with Crippen molar-refractivity contribution in [3.63, 3.8) is 0 Å². The highest BCUT2D eigenvalue weighted by Gasteiger charge is 2.08. The summed E-state index contributed by atoms with van der Waals surface area (Å²) in [4.78, 5) is 0. The minimum Gasteiger partial charge on any atom is -0.493 e. The maximum Gasteiger partial charge on any atom is 0.122 e. The fourth-order valence-corrected chi connectivity index (χ4v) is 1.86. The molecule has 0 saturated heterocycles. The molecule has 0 saturated carbocycles. The summed E-state index contributed by atoms with van der Waals surface area (Å²) in [5.74, 6) is 0.874. The number of benzene rings is 1. The molecule has 1 aromatic rings. The van der Waals surface area contributed by atoms with E-state index in [9.17, 15) is 0 Å². The highest BCUT2D eigenvalue weighted by Crippen LogP contribution is 2.24. The van der Waals surface area contributed by atoms with Gasteiger partial charge in [0.05, 0.1) is 6.61 Å². The molecular weight excluding hydrogens is 250 g/mol. The second-order valence-electron chi connectivity index (χ2n) is 4.32. The topological polar surface area (TPSA) is 44.5 Å². The van der Waals surface area contributed by atoms with Crippen LogP contribution >= 0.6 is 11.6 Å². The van der Waals surface area contributed by atoms with Crippen LogP contribution in [0.3, 0.4) is 0 Å². The van der Waals surface area contributed by atoms with Gasteiger partial charge < -0.3 is 15.2 Å². The Kier molecular flexibility index (Phi) is 7.09. The summed E-state index contributed by atoms with van der Waals surface area (Å²) in [5, 5.41) is 0.720. The molecule has 1 unspecified atom stereocenters. The minimum absolute atomic E-state index is 0.143. The third-order valence-electron chi connectivity index (χ3n) is 2.78. The van der Waals surface area contributed by atoms with Crippen molar-refractivity contribution in [1.82, 2.24) is 0 Å². The van der Waals surface area contributed by atoms with Crippen molar-refractivity contribution >= 4 is 11.6 Å². The largest absolute Gasteiger partial charge is 0.493 e. The molecule has 2 N–H and O–H groups in total. The van der Waals surface area contributed by atoms with E-state index in [-0.39, 0.29) is 6.04 Å². The lowest BCUT2D eigenvalue weighted by molar-refractivity contribution is 0.171. The molecule has 1 rings (SSSR count). The van der Waals surface area contributed by atoms with Crippen LogP contribution < -0.4 is 10.5 Å². The van der Waals surface area contributed by atoms with Crippen LogP contribution in [0.1, 0.15) is 25.3 Å². The monoisotopic (exact) mass is 271 g/mol. The maximum atomic E-state index is 6.01. The van der Waals surface area contributed by atoms with Crippen LogP contribution in [0.15, 0.2) is 18.2 Å². The van der Waals surface area contributed by atoms with Gasteiger partial charge in [0.1, 0.15) is 5.75 Å². The lowest BCUT2D eigenvalue weighted by Crippen LogP contribution is -2.21. The van der Waals surface area contributed by atoms with E-state index in [0.29, 0.717) is 13.2 Å². The molecule has 0 heterocycles. The van der Waals surface area contributed by atoms with Gasteiger partial charge in [-0.25, -0.2) is 0 Å². The van der Waals surface area contributed by atoms with Crippen molar-refractivity contribution in [2.24, 2.45) is 5.73 Å². The Hall–Kier alpha value is -0.770. The van der Waals surface area contributed by atoms with Gasteiger partial charge in [0.15, 0.2) is 0 Å². The minimum atomic E-state index is 0.143. The normalized spacial score (nSPS) is 12.4. The molecule has 0 radical (unpaired) electrons. The lowest BCUT2D eigenvalue weighted by atomic mass is 10.0. The first kappa shape index (κ1) is 15.3. The number of methoxy groups -OCH3 is 1. The first-order valence-corrected chi connectivity index (χ1v) is 6.71. The molecule has 0 fully saturated rings. The van der Waals surface area contributed by atoms with Gasteiger partial charge >= 0.3 is 0 Å². The predicted molar refractivity (Wildman–Crippen MR) is 75.4 cm³/mol. The summed E-state index contributed by atoms with van der Waals surface area (Å²) in [7, 11) is 1.69. The Balaban J connectivity index is 2.64. The fourth-order valence-electron chi connectivity index (χ4n) is 1.66. The third-order valence-corrected chi connectivity index (χ3v) is 3.01. The van der Waals surface area contributed by atoms with Crippen molar-refractivity contribution in [2.75, 3.05) is 20.3 Å². The number of nitrogens with two attached hydrogens (primary N) is 1. The van der Waals surface area contributed by atoms with Gasteiger partial charge in [0, 0.05) is 31.2 Å². The molecule has 0 bridgehead atoms. The molecule has 0 aliphatic heterocycles. The van der Waals surface area contributed by atoms with E-state index in [2.05, 4.69) is 6.92 Å². The molecular formula is C14H22ClNO2. The van der Waals surface area contributed by atoms with Crippen LogP contribution in [0.5, 0.6) is 5.75 Å². The summed E-state index contributed by atoms with van der Waals surface area (Å²) in [6, 6.07) is 5.83. The quantitative estimate of drug-likeness (QED) is 0.739. The summed E-state index contributed by atoms with van der Waals surface area (Å²) in [5.41, 5.74) is 7.06. The SMILES string of the molecule is CCC(N)Cc1cc(Cl)ccc1OCCCOC. The standard InChI is InChI=1S/C14H22ClNO2/c1-3-13(16)10-11-9-12(15)5-6-14(11)18-8-4-7-17-2/h5-6,9,13H,3-4,7-8,10,16H2,1-2H3. The molecule has 102 valence electrons. The van der Waals surface area contributed by atoms with Crippen LogP contribution in [0.25, 0.3) is 0 Å². The van der Waals surface area contributed by atoms with Crippen molar-refractivity contribution in [2.45, 2.75) is 32.2 Å². The second-order valence-corrected chi connectivity index (χ2v) is 4.76. The van der Waals surface area contributed by atoms with Crippen LogP contribution in [0.2, 0.25) is 5.02 Å². The molecule has 18 heavy (non-hydrogen) atoms. The van der Waals surface area contributed by atoms with E-state index < -0.39 is 0 Å². The van der Waals surface area contributed by atoms with Gasteiger partial charge in [-0.1, -0.05) is 18.5 Å². The molecule has 1 aromatic carbocycles. The maximum absolute atomic E-state index is 6.01. The van der Waals surface area contributed by atoms with Crippen LogP contribution in [0.4, 0.5) is 0 Å². The Morgan fingerprint density at radius 2 is 2.11 bits per heavy atom. The number of halogens is 1. The molecule has 1 atom stereocenters. The van der Waals surface area contributed by atoms with E-state index in [1.54, 1.807) is 7.11 Å². The van der Waals surface area contributed by atoms with Crippen LogP contribution in [-0.2, 0) is 11.2 Å². The van der Waals surface area contributed by atoms with Gasteiger partial charge in [-0.2, -0.15) is 0 Å². The van der Waals surface area contributed by atoms with Crippen LogP contribution in [-0.4, -0.2) is 26.4 Å². The summed E-state index contributed by atoms with van der Waals surface area (Å²) in [6.07, 6.45) is 2.60. The Bertz CT molecular complexity index is 358. The summed E-state index contributed by atoms with van der Waals surface area (Å²) < 4.78 is 10.7. The molecule has 0 aliphatic rings. The van der Waals surface area contributed by atoms with E-state index in [4.69, 9.17) is 26.8 Å². The Labute approximate surface area is 114 Å². The smallest absolute Gasteiger partial charge is 0.122 e. The summed E-state index contributed by atoms with van der Waals surface area (Å²) >= 11 is 6.01. The number of hydrogen-bond donors (Lipinski definition) is 1. The lowest BCUT2D eigenvalue weighted by Gasteiger charge is -2.14. The Morgan fingerprint density at radius 3 is 2.78 bits per heavy atom. The van der Waals surface area contributed by atoms with Crippen molar-refractivity contribution in [1.29, 1.82) is 0 Å². The zero-order chi connectivity index (χ0) is 13.4. The number of rotatable bonds is 8.